The summed E-state index contributed by atoms with van der Waals surface area (Å²) in [6.45, 7) is 11.8. The minimum Gasteiger partial charge on any atom is -0.489 e. The lowest BCUT2D eigenvalue weighted by Crippen LogP contribution is -2.45. The van der Waals surface area contributed by atoms with Crippen molar-refractivity contribution >= 4 is 34.5 Å². The Morgan fingerprint density at radius 2 is 2.03 bits per heavy atom. The minimum atomic E-state index is 0. The predicted octanol–water partition coefficient (Wildman–Crippen LogP) is 3.30. The molecule has 2 aromatic rings. The molecule has 0 unspecified atom stereocenters. The van der Waals surface area contributed by atoms with Crippen molar-refractivity contribution < 1.29 is 20.4 Å². The molecule has 2 fully saturated rings. The van der Waals surface area contributed by atoms with Crippen LogP contribution in [0.3, 0.4) is 0 Å². The topological polar surface area (TPSA) is 63.3 Å². The van der Waals surface area contributed by atoms with Crippen molar-refractivity contribution in [2.45, 2.75) is 26.0 Å². The highest BCUT2D eigenvalue weighted by atomic mass is 32.1. The Morgan fingerprint density at radius 1 is 1.23 bits per heavy atom. The second-order valence-corrected chi connectivity index (χ2v) is 8.92. The van der Waals surface area contributed by atoms with Gasteiger partial charge in [-0.1, -0.05) is 0 Å². The summed E-state index contributed by atoms with van der Waals surface area (Å²) in [4.78, 5) is 14.1. The summed E-state index contributed by atoms with van der Waals surface area (Å²) in [5, 5.41) is 4.76. The van der Waals surface area contributed by atoms with Gasteiger partial charge >= 0.3 is 0 Å². The van der Waals surface area contributed by atoms with Gasteiger partial charge in [-0.2, -0.15) is 0 Å². The second kappa shape index (κ2) is 9.24. The van der Waals surface area contributed by atoms with Gasteiger partial charge in [-0.25, -0.2) is 0 Å². The number of anilines is 3. The molecule has 5 rings (SSSR count). The van der Waals surface area contributed by atoms with Crippen LogP contribution in [-0.2, 0) is 14.3 Å². The van der Waals surface area contributed by atoms with Gasteiger partial charge in [-0.3, -0.25) is 0 Å². The fourth-order valence-electron chi connectivity index (χ4n) is 4.13. The number of nitrogens with zero attached hydrogens (tertiary/aromatic N) is 2. The molecule has 3 aliphatic rings. The normalized spacial score (nSPS) is 22.5. The van der Waals surface area contributed by atoms with Gasteiger partial charge in [0.15, 0.2) is 0 Å². The van der Waals surface area contributed by atoms with Crippen LogP contribution in [0.25, 0.3) is 0 Å². The number of aryl methyl sites for hydroxylation is 2. The average molecular weight is 434 g/mol. The van der Waals surface area contributed by atoms with Crippen molar-refractivity contribution in [1.82, 2.24) is 0 Å². The van der Waals surface area contributed by atoms with E-state index in [1.807, 2.05) is 6.79 Å². The lowest BCUT2D eigenvalue weighted by atomic mass is 10.1. The molecule has 8 heteroatoms. The van der Waals surface area contributed by atoms with Crippen LogP contribution in [0, 0.1) is 13.8 Å². The predicted molar refractivity (Wildman–Crippen MR) is 122 cm³/mol. The van der Waals surface area contributed by atoms with E-state index in [0.29, 0.717) is 13.3 Å². The van der Waals surface area contributed by atoms with E-state index in [1.165, 1.54) is 21.1 Å². The maximum atomic E-state index is 8.00. The largest absolute Gasteiger partial charge is 0.489 e. The molecule has 0 bridgehead atoms. The van der Waals surface area contributed by atoms with Gasteiger partial charge in [0.25, 0.3) is 0 Å². The van der Waals surface area contributed by atoms with Crippen molar-refractivity contribution in [1.29, 1.82) is 0 Å². The molecular weight excluding hydrogens is 402 g/mol. The summed E-state index contributed by atoms with van der Waals surface area (Å²) >= 11 is 1.81. The Bertz CT molecular complexity index is 855. The zero-order valence-corrected chi connectivity index (χ0v) is 18.4. The molecule has 2 atom stereocenters. The summed E-state index contributed by atoms with van der Waals surface area (Å²) in [6, 6.07) is 9.00. The third kappa shape index (κ3) is 4.12. The quantitative estimate of drug-likeness (QED) is 0.794. The first-order valence-electron chi connectivity index (χ1n) is 10.3. The highest BCUT2D eigenvalue weighted by Gasteiger charge is 2.40. The number of fused-ring (bicyclic) bond motifs is 3. The monoisotopic (exact) mass is 433 g/mol. The SMILES string of the molecule is C=O.Cc1cc(NC[C@@H]2OCN3c4ccc(N5CCOCC5)cc4OC[C@@H]23)sc1C.[HH]. The molecule has 0 spiro atoms. The molecule has 164 valence electrons. The maximum absolute atomic E-state index is 8.00. The Kier molecular flexibility index (Phi) is 6.46. The van der Waals surface area contributed by atoms with Gasteiger partial charge in [0.05, 0.1) is 29.9 Å². The van der Waals surface area contributed by atoms with Gasteiger partial charge in [-0.15, -0.1) is 11.3 Å². The number of nitrogens with one attached hydrogen (secondary N) is 1. The third-order valence-corrected chi connectivity index (χ3v) is 7.05. The standard InChI is InChI=1S/C21H27N3O3S.CH2O.H2/c1-14-9-21(28-15(14)2)22-11-20-18-12-26-19-10-16(23-5-7-25-8-6-23)3-4-17(19)24(18)13-27-20;1-2;/h3-4,9-10,18,20,22H,5-8,11-13H2,1-2H3;1H2;1H/t18-,20-;;/m0../s1. The number of hydrogen-bond donors (Lipinski definition) is 1. The Balaban J connectivity index is 0.000000883. The molecule has 0 amide bonds. The van der Waals surface area contributed by atoms with Crippen molar-refractivity contribution in [2.24, 2.45) is 0 Å². The molecule has 0 aliphatic carbocycles. The first kappa shape index (κ1) is 21.0. The summed E-state index contributed by atoms with van der Waals surface area (Å²) in [6.07, 6.45) is 0.120. The van der Waals surface area contributed by atoms with E-state index in [4.69, 9.17) is 19.0 Å². The van der Waals surface area contributed by atoms with E-state index in [0.717, 1.165) is 44.3 Å². The van der Waals surface area contributed by atoms with Crippen LogP contribution in [0.4, 0.5) is 16.4 Å². The molecule has 3 aliphatic heterocycles. The highest BCUT2D eigenvalue weighted by molar-refractivity contribution is 7.16. The molecule has 2 saturated heterocycles. The third-order valence-electron chi connectivity index (χ3n) is 5.94. The zero-order chi connectivity index (χ0) is 21.1. The molecule has 30 heavy (non-hydrogen) atoms. The number of carbonyl (C=O) groups excluding carboxylic acids is 1. The number of thiophene rings is 1. The van der Waals surface area contributed by atoms with Crippen LogP contribution in [0.15, 0.2) is 24.3 Å². The average Bonchev–Trinajstić information content (AvgIpc) is 3.36. The number of ether oxygens (including phenoxy) is 3. The first-order chi connectivity index (χ1) is 14.7. The van der Waals surface area contributed by atoms with Gasteiger partial charge in [0.2, 0.25) is 0 Å². The van der Waals surface area contributed by atoms with E-state index in [2.05, 4.69) is 53.2 Å². The minimum absolute atomic E-state index is 0. The molecule has 1 aromatic carbocycles. The summed E-state index contributed by atoms with van der Waals surface area (Å²) in [7, 11) is 0. The Hall–Kier alpha value is -2.29. The van der Waals surface area contributed by atoms with E-state index in [1.54, 1.807) is 11.3 Å². The van der Waals surface area contributed by atoms with E-state index >= 15 is 0 Å². The van der Waals surface area contributed by atoms with E-state index in [-0.39, 0.29) is 13.6 Å². The number of carbonyl (C=O) groups is 1. The molecule has 0 saturated carbocycles. The number of benzene rings is 1. The summed E-state index contributed by atoms with van der Waals surface area (Å²) in [5.74, 6) is 0.960. The smallest absolute Gasteiger partial charge is 0.144 e. The maximum Gasteiger partial charge on any atom is 0.144 e. The molecule has 4 heterocycles. The summed E-state index contributed by atoms with van der Waals surface area (Å²) < 4.78 is 17.8. The van der Waals surface area contributed by atoms with Crippen LogP contribution < -0.4 is 19.9 Å². The lowest BCUT2D eigenvalue weighted by Gasteiger charge is -2.35. The van der Waals surface area contributed by atoms with Crippen LogP contribution >= 0.6 is 11.3 Å². The van der Waals surface area contributed by atoms with Gasteiger partial charge in [-0.05, 0) is 37.6 Å². The molecule has 1 N–H and O–H groups in total. The molecule has 0 radical (unpaired) electrons. The number of rotatable bonds is 4. The fraction of sp³-hybridized carbons (Fsp3) is 0.500. The zero-order valence-electron chi connectivity index (χ0n) is 17.6. The first-order valence-corrected chi connectivity index (χ1v) is 11.1. The van der Waals surface area contributed by atoms with Crippen molar-refractivity contribution in [3.05, 3.63) is 34.7 Å². The Labute approximate surface area is 183 Å². The highest BCUT2D eigenvalue weighted by Crippen LogP contribution is 2.40. The van der Waals surface area contributed by atoms with Crippen LogP contribution in [0.5, 0.6) is 5.75 Å². The second-order valence-electron chi connectivity index (χ2n) is 7.66. The molecule has 7 nitrogen and oxygen atoms in total. The van der Waals surface area contributed by atoms with Crippen molar-refractivity contribution in [3.8, 4) is 5.75 Å². The van der Waals surface area contributed by atoms with Gasteiger partial charge < -0.3 is 34.1 Å². The van der Waals surface area contributed by atoms with Crippen LogP contribution in [-0.4, -0.2) is 65.1 Å². The summed E-state index contributed by atoms with van der Waals surface area (Å²) in [5.41, 5.74) is 3.69. The fourth-order valence-corrected chi connectivity index (χ4v) is 5.08. The van der Waals surface area contributed by atoms with Gasteiger partial charge in [0, 0.05) is 37.7 Å². The number of morpholine rings is 1. The van der Waals surface area contributed by atoms with Crippen molar-refractivity contribution in [2.75, 3.05) is 61.3 Å². The Morgan fingerprint density at radius 3 is 2.77 bits per heavy atom. The van der Waals surface area contributed by atoms with E-state index in [9.17, 15) is 0 Å². The van der Waals surface area contributed by atoms with Crippen molar-refractivity contribution in [3.63, 3.8) is 0 Å². The van der Waals surface area contributed by atoms with Crippen LogP contribution in [0.1, 0.15) is 11.9 Å². The van der Waals surface area contributed by atoms with Crippen LogP contribution in [0.2, 0.25) is 0 Å². The van der Waals surface area contributed by atoms with E-state index < -0.39 is 0 Å². The number of hydrogen-bond acceptors (Lipinski definition) is 8. The molecular formula is C22H31N3O4S. The van der Waals surface area contributed by atoms with Gasteiger partial charge in [0.1, 0.15) is 32.0 Å². The molecule has 1 aromatic heterocycles. The lowest BCUT2D eigenvalue weighted by molar-refractivity contribution is -0.0979.